The molecule has 0 fully saturated rings. The minimum atomic E-state index is -3.79. The summed E-state index contributed by atoms with van der Waals surface area (Å²) in [5, 5.41) is 0. The Bertz CT molecular complexity index is 1830. The van der Waals surface area contributed by atoms with Crippen LogP contribution in [-0.2, 0) is 17.1 Å². The molecule has 2 unspecified atom stereocenters. The standard InChI is InChI=1S/2C21H23.C2H6Si.2CH3.Hf/c2*1-14(2)17-11-18(15(3)4)13-19(12-17)21-10-6-8-16-7-5-9-20(16)21;1-3-2;;;/h2*5-15H,1-4H3;1-2H3;2*1H3;. The molecule has 0 spiro atoms. The van der Waals surface area contributed by atoms with E-state index in [1.165, 1.54) is 55.6 Å². The van der Waals surface area contributed by atoms with E-state index in [-0.39, 0.29) is 0 Å². The van der Waals surface area contributed by atoms with Gasteiger partial charge in [-0.05, 0) is 0 Å². The van der Waals surface area contributed by atoms with Gasteiger partial charge in [-0.2, -0.15) is 0 Å². The molecule has 0 bridgehead atoms. The molecule has 0 aliphatic heterocycles. The molecular formula is C46H58HfSi. The average Bonchev–Trinajstić information content (AvgIpc) is 3.70. The number of allylic oxidation sites excluding steroid dienone is 2. The number of benzene rings is 4. The monoisotopic (exact) mass is 818 g/mol. The van der Waals surface area contributed by atoms with Crippen LogP contribution in [0.3, 0.4) is 0 Å². The Balaban J connectivity index is 1.49. The Kier molecular flexibility index (Phi) is 9.53. The summed E-state index contributed by atoms with van der Waals surface area (Å²) in [6.45, 7) is 23.9. The van der Waals surface area contributed by atoms with Crippen molar-refractivity contribution < 1.29 is 17.1 Å². The van der Waals surface area contributed by atoms with Crippen LogP contribution in [0.15, 0.2) is 84.9 Å². The Hall–Kier alpha value is -2.55. The van der Waals surface area contributed by atoms with Gasteiger partial charge in [0.05, 0.1) is 0 Å². The van der Waals surface area contributed by atoms with Crippen molar-refractivity contribution in [1.82, 2.24) is 0 Å². The van der Waals surface area contributed by atoms with Gasteiger partial charge in [0.2, 0.25) is 0 Å². The van der Waals surface area contributed by atoms with Crippen molar-refractivity contribution in [2.45, 2.75) is 109 Å². The number of hydrogen-bond acceptors (Lipinski definition) is 0. The van der Waals surface area contributed by atoms with Gasteiger partial charge in [0.15, 0.2) is 0 Å². The van der Waals surface area contributed by atoms with Crippen LogP contribution in [0.2, 0.25) is 22.5 Å². The summed E-state index contributed by atoms with van der Waals surface area (Å²) in [5.41, 5.74) is 16.8. The maximum absolute atomic E-state index is 3.79. The molecule has 0 amide bonds. The average molecular weight is 818 g/mol. The number of hydrogen-bond donors (Lipinski definition) is 0. The van der Waals surface area contributed by atoms with Crippen LogP contribution in [0, 0.1) is 0 Å². The third-order valence-corrected chi connectivity index (χ3v) is 72.2. The molecule has 2 aliphatic rings. The third-order valence-electron chi connectivity index (χ3n) is 12.6. The molecule has 0 aromatic heterocycles. The maximum atomic E-state index is 2.84. The predicted molar refractivity (Wildman–Crippen MR) is 213 cm³/mol. The SMILES string of the molecule is CC(C)c1cc(-c2cccc3c2C=C[CH]3[Hf]([CH3])([CH3])([CH]2C=Cc3c(-c4cc(C(C)C)cc(C(C)C)c4)cccc32)=[Si](C)C)cc(C(C)C)c1. The van der Waals surface area contributed by atoms with Crippen LogP contribution in [-0.4, -0.2) is 5.49 Å². The van der Waals surface area contributed by atoms with Crippen LogP contribution < -0.4 is 0 Å². The molecule has 250 valence electrons. The van der Waals surface area contributed by atoms with Gasteiger partial charge >= 0.3 is 295 Å². The first-order chi connectivity index (χ1) is 22.6. The fraction of sp³-hybridized carbons (Fsp3) is 0.391. The van der Waals surface area contributed by atoms with Gasteiger partial charge in [0, 0.05) is 0 Å². The van der Waals surface area contributed by atoms with E-state index in [0.717, 1.165) is 0 Å². The fourth-order valence-corrected chi connectivity index (χ4v) is 42.3. The van der Waals surface area contributed by atoms with Crippen LogP contribution >= 0.6 is 0 Å². The summed E-state index contributed by atoms with van der Waals surface area (Å²) in [4.78, 5) is 0. The van der Waals surface area contributed by atoms with E-state index >= 15 is 0 Å². The van der Waals surface area contributed by atoms with Gasteiger partial charge < -0.3 is 0 Å². The normalized spacial score (nSPS) is 17.3. The van der Waals surface area contributed by atoms with Crippen molar-refractivity contribution >= 4 is 17.6 Å². The summed E-state index contributed by atoms with van der Waals surface area (Å²) in [6, 6.07) is 29.1. The molecule has 0 heterocycles. The van der Waals surface area contributed by atoms with Crippen molar-refractivity contribution in [1.29, 1.82) is 0 Å². The number of rotatable bonds is 8. The second-order valence-electron chi connectivity index (χ2n) is 17.3. The van der Waals surface area contributed by atoms with Gasteiger partial charge in [0.1, 0.15) is 0 Å². The topological polar surface area (TPSA) is 0 Å². The van der Waals surface area contributed by atoms with Crippen LogP contribution in [0.4, 0.5) is 0 Å². The van der Waals surface area contributed by atoms with E-state index in [1.807, 2.05) is 0 Å². The molecule has 0 saturated carbocycles. The molecule has 2 aliphatic carbocycles. The third kappa shape index (κ3) is 5.87. The van der Waals surface area contributed by atoms with E-state index in [4.69, 9.17) is 0 Å². The van der Waals surface area contributed by atoms with Crippen molar-refractivity contribution in [2.24, 2.45) is 0 Å². The van der Waals surface area contributed by atoms with Gasteiger partial charge in [-0.3, -0.25) is 0 Å². The van der Waals surface area contributed by atoms with Crippen LogP contribution in [0.25, 0.3) is 34.4 Å². The molecule has 4 aromatic carbocycles. The van der Waals surface area contributed by atoms with Gasteiger partial charge in [-0.25, -0.2) is 0 Å². The first-order valence-corrected chi connectivity index (χ1v) is 37.8. The van der Waals surface area contributed by atoms with E-state index < -0.39 is 22.6 Å². The molecule has 0 radical (unpaired) electrons. The Morgan fingerprint density at radius 2 is 0.833 bits per heavy atom. The zero-order valence-electron chi connectivity index (χ0n) is 31.7. The second kappa shape index (κ2) is 13.0. The quantitative estimate of drug-likeness (QED) is 0.155. The first-order valence-electron chi connectivity index (χ1n) is 18.5. The Morgan fingerprint density at radius 3 is 1.12 bits per heavy atom. The van der Waals surface area contributed by atoms with E-state index in [0.29, 0.717) is 31.0 Å². The minimum absolute atomic E-state index is 0.510. The zero-order valence-corrected chi connectivity index (χ0v) is 36.3. The number of fused-ring (bicyclic) bond motifs is 2. The molecule has 0 saturated heterocycles. The summed E-state index contributed by atoms with van der Waals surface area (Å²) < 4.78 is 6.76. The summed E-state index contributed by atoms with van der Waals surface area (Å²) >= 11 is -3.79. The molecule has 2 atom stereocenters. The zero-order chi connectivity index (χ0) is 34.7. The van der Waals surface area contributed by atoms with Gasteiger partial charge in [-0.1, -0.05) is 0 Å². The predicted octanol–water partition coefficient (Wildman–Crippen LogP) is 14.4. The summed E-state index contributed by atoms with van der Waals surface area (Å²) in [6.07, 6.45) is 10.4. The fourth-order valence-electron chi connectivity index (χ4n) is 8.54. The molecule has 4 aromatic rings. The summed E-state index contributed by atoms with van der Waals surface area (Å²) in [5.74, 6) is 2.04. The molecule has 0 nitrogen and oxygen atoms in total. The van der Waals surface area contributed by atoms with E-state index in [1.54, 1.807) is 11.1 Å². The Labute approximate surface area is 293 Å². The van der Waals surface area contributed by atoms with Crippen molar-refractivity contribution in [3.8, 4) is 22.3 Å². The molecular weight excluding hydrogens is 759 g/mol. The van der Waals surface area contributed by atoms with Gasteiger partial charge in [0.25, 0.3) is 0 Å². The van der Waals surface area contributed by atoms with Gasteiger partial charge in [-0.15, -0.1) is 0 Å². The first kappa shape index (κ1) is 35.3. The van der Waals surface area contributed by atoms with Crippen molar-refractivity contribution in [2.75, 3.05) is 0 Å². The molecule has 6 rings (SSSR count). The van der Waals surface area contributed by atoms with E-state index in [2.05, 4.69) is 175 Å². The molecule has 2 heteroatoms. The van der Waals surface area contributed by atoms with Crippen molar-refractivity contribution in [3.05, 3.63) is 129 Å². The summed E-state index contributed by atoms with van der Waals surface area (Å²) in [7, 11) is 0. The van der Waals surface area contributed by atoms with Crippen molar-refractivity contribution in [3.63, 3.8) is 0 Å². The second-order valence-corrected chi connectivity index (χ2v) is 66.2. The van der Waals surface area contributed by atoms with E-state index in [9.17, 15) is 0 Å². The van der Waals surface area contributed by atoms with Crippen LogP contribution in [0.1, 0.15) is 131 Å². The molecule has 0 N–H and O–H groups in total. The Morgan fingerprint density at radius 1 is 0.500 bits per heavy atom. The van der Waals surface area contributed by atoms with Crippen LogP contribution in [0.5, 0.6) is 0 Å². The molecule has 48 heavy (non-hydrogen) atoms.